The van der Waals surface area contributed by atoms with Crippen LogP contribution in [-0.4, -0.2) is 12.6 Å². The van der Waals surface area contributed by atoms with Gasteiger partial charge in [-0.15, -0.1) is 0 Å². The lowest BCUT2D eigenvalue weighted by molar-refractivity contribution is 0.120. The van der Waals surface area contributed by atoms with Crippen molar-refractivity contribution in [1.29, 1.82) is 0 Å². The monoisotopic (exact) mass is 239 g/mol. The van der Waals surface area contributed by atoms with Crippen molar-refractivity contribution in [3.63, 3.8) is 0 Å². The van der Waals surface area contributed by atoms with Crippen LogP contribution in [-0.2, 0) is 6.42 Å². The van der Waals surface area contributed by atoms with E-state index >= 15 is 0 Å². The van der Waals surface area contributed by atoms with E-state index in [9.17, 15) is 0 Å². The van der Waals surface area contributed by atoms with Crippen molar-refractivity contribution >= 4 is 11.6 Å². The number of nitrogens with two attached hydrogens (primary N) is 1. The topological polar surface area (TPSA) is 35.2 Å². The predicted octanol–water partition coefficient (Wildman–Crippen LogP) is 3.16. The Hall–Kier alpha value is -0.730. The van der Waals surface area contributed by atoms with Crippen LogP contribution >= 0.6 is 11.6 Å². The van der Waals surface area contributed by atoms with Crippen LogP contribution in [0.25, 0.3) is 0 Å². The summed E-state index contributed by atoms with van der Waals surface area (Å²) in [5.74, 6) is 0.822. The van der Waals surface area contributed by atoms with E-state index in [4.69, 9.17) is 22.1 Å². The van der Waals surface area contributed by atoms with Gasteiger partial charge >= 0.3 is 0 Å². The Kier molecular flexibility index (Phi) is 4.08. The summed E-state index contributed by atoms with van der Waals surface area (Å²) in [6.45, 7) is 0.720. The first-order chi connectivity index (χ1) is 7.79. The van der Waals surface area contributed by atoms with Crippen molar-refractivity contribution in [3.05, 3.63) is 28.8 Å². The van der Waals surface area contributed by atoms with Gasteiger partial charge in [0.05, 0.1) is 11.1 Å². The molecule has 0 spiro atoms. The van der Waals surface area contributed by atoms with Crippen molar-refractivity contribution in [2.24, 2.45) is 5.73 Å². The number of hydrogen-bond donors (Lipinski definition) is 1. The lowest BCUT2D eigenvalue weighted by atomic mass is 9.96. The molecule has 0 heterocycles. The van der Waals surface area contributed by atoms with Gasteiger partial charge in [0.2, 0.25) is 0 Å². The molecule has 1 fully saturated rings. The Morgan fingerprint density at radius 1 is 1.38 bits per heavy atom. The molecule has 1 aromatic rings. The molecule has 0 aromatic heterocycles. The summed E-state index contributed by atoms with van der Waals surface area (Å²) in [5.41, 5.74) is 6.71. The molecule has 0 unspecified atom stereocenters. The number of halogens is 1. The first-order valence-corrected chi connectivity index (χ1v) is 6.32. The third-order valence-electron chi connectivity index (χ3n) is 3.01. The Balaban J connectivity index is 1.97. The normalized spacial score (nSPS) is 15.9. The predicted molar refractivity (Wildman–Crippen MR) is 67.1 cm³/mol. The van der Waals surface area contributed by atoms with Crippen molar-refractivity contribution in [1.82, 2.24) is 0 Å². The van der Waals surface area contributed by atoms with Gasteiger partial charge in [-0.1, -0.05) is 17.7 Å². The van der Waals surface area contributed by atoms with E-state index in [-0.39, 0.29) is 0 Å². The zero-order valence-corrected chi connectivity index (χ0v) is 10.2. The molecule has 0 radical (unpaired) electrons. The van der Waals surface area contributed by atoms with Crippen LogP contribution in [0.4, 0.5) is 0 Å². The molecular formula is C13H18ClNO. The Morgan fingerprint density at radius 3 is 2.75 bits per heavy atom. The molecule has 1 aliphatic carbocycles. The highest BCUT2D eigenvalue weighted by atomic mass is 35.5. The maximum absolute atomic E-state index is 6.18. The van der Waals surface area contributed by atoms with Gasteiger partial charge in [0, 0.05) is 0 Å². The molecule has 2 nitrogen and oxygen atoms in total. The maximum atomic E-state index is 6.18. The molecule has 1 saturated carbocycles. The van der Waals surface area contributed by atoms with E-state index < -0.39 is 0 Å². The zero-order valence-electron chi connectivity index (χ0n) is 9.42. The summed E-state index contributed by atoms with van der Waals surface area (Å²) in [5, 5.41) is 0.724. The second-order valence-corrected chi connectivity index (χ2v) is 4.73. The minimum Gasteiger partial charge on any atom is -0.489 e. The van der Waals surface area contributed by atoms with Crippen molar-refractivity contribution in [2.45, 2.75) is 38.2 Å². The second-order valence-electron chi connectivity index (χ2n) is 4.33. The summed E-state index contributed by atoms with van der Waals surface area (Å²) < 4.78 is 5.78. The number of benzene rings is 1. The van der Waals surface area contributed by atoms with E-state index in [2.05, 4.69) is 6.07 Å². The van der Waals surface area contributed by atoms with Crippen molar-refractivity contribution in [3.8, 4) is 5.75 Å². The number of ether oxygens (including phenoxy) is 1. The molecule has 0 bridgehead atoms. The average molecular weight is 240 g/mol. The van der Waals surface area contributed by atoms with Crippen molar-refractivity contribution < 1.29 is 4.74 Å². The lowest BCUT2D eigenvalue weighted by Gasteiger charge is -2.26. The summed E-state index contributed by atoms with van der Waals surface area (Å²) in [4.78, 5) is 0. The molecule has 1 aliphatic rings. The van der Waals surface area contributed by atoms with E-state index in [1.54, 1.807) is 0 Å². The quantitative estimate of drug-likeness (QED) is 0.857. The van der Waals surface area contributed by atoms with E-state index in [1.165, 1.54) is 12.0 Å². The molecule has 2 rings (SSSR count). The van der Waals surface area contributed by atoms with Crippen LogP contribution in [0, 0.1) is 0 Å². The molecule has 3 heteroatoms. The smallest absolute Gasteiger partial charge is 0.138 e. The summed E-state index contributed by atoms with van der Waals surface area (Å²) in [6, 6.07) is 6.05. The number of hydrogen-bond acceptors (Lipinski definition) is 2. The summed E-state index contributed by atoms with van der Waals surface area (Å²) in [6.07, 6.45) is 5.96. The molecule has 0 atom stereocenters. The molecule has 0 saturated heterocycles. The van der Waals surface area contributed by atoms with Gasteiger partial charge in [0.1, 0.15) is 5.75 Å². The van der Waals surface area contributed by atoms with Gasteiger partial charge < -0.3 is 10.5 Å². The van der Waals surface area contributed by atoms with Gasteiger partial charge in [0.15, 0.2) is 0 Å². The highest BCUT2D eigenvalue weighted by Gasteiger charge is 2.20. The fourth-order valence-corrected chi connectivity index (χ4v) is 2.02. The maximum Gasteiger partial charge on any atom is 0.138 e. The molecule has 16 heavy (non-hydrogen) atoms. The van der Waals surface area contributed by atoms with Crippen LogP contribution in [0.1, 0.15) is 31.2 Å². The largest absolute Gasteiger partial charge is 0.489 e. The minimum absolute atomic E-state index is 0.382. The number of rotatable bonds is 5. The van der Waals surface area contributed by atoms with Crippen LogP contribution in [0.2, 0.25) is 5.02 Å². The second kappa shape index (κ2) is 5.55. The summed E-state index contributed by atoms with van der Waals surface area (Å²) >= 11 is 6.18. The lowest BCUT2D eigenvalue weighted by Crippen LogP contribution is -2.24. The third-order valence-corrected chi connectivity index (χ3v) is 3.31. The molecule has 88 valence electrons. The average Bonchev–Trinajstić information content (AvgIpc) is 2.22. The van der Waals surface area contributed by atoms with Gasteiger partial charge in [-0.05, 0) is 56.3 Å². The molecular weight excluding hydrogens is 222 g/mol. The fraction of sp³-hybridized carbons (Fsp3) is 0.538. The highest BCUT2D eigenvalue weighted by Crippen LogP contribution is 2.31. The van der Waals surface area contributed by atoms with Crippen LogP contribution in [0.3, 0.4) is 0 Å². The minimum atomic E-state index is 0.382. The van der Waals surface area contributed by atoms with Crippen LogP contribution < -0.4 is 10.5 Å². The molecule has 0 amide bonds. The SMILES string of the molecule is NCCCc1ccc(OC2CCC2)c(Cl)c1. The Labute approximate surface area is 102 Å². The van der Waals surface area contributed by atoms with E-state index in [0.717, 1.165) is 43.0 Å². The third kappa shape index (κ3) is 2.89. The Morgan fingerprint density at radius 2 is 2.19 bits per heavy atom. The van der Waals surface area contributed by atoms with Gasteiger partial charge in [-0.2, -0.15) is 0 Å². The van der Waals surface area contributed by atoms with Crippen LogP contribution in [0.5, 0.6) is 5.75 Å². The first kappa shape index (κ1) is 11.7. The van der Waals surface area contributed by atoms with Gasteiger partial charge in [0.25, 0.3) is 0 Å². The molecule has 0 aliphatic heterocycles. The first-order valence-electron chi connectivity index (χ1n) is 5.95. The molecule has 1 aromatic carbocycles. The highest BCUT2D eigenvalue weighted by molar-refractivity contribution is 6.32. The standard InChI is InChI=1S/C13H18ClNO/c14-12-9-10(3-2-8-15)6-7-13(12)16-11-4-1-5-11/h6-7,9,11H,1-5,8,15H2. The number of aryl methyl sites for hydroxylation is 1. The van der Waals surface area contributed by atoms with Gasteiger partial charge in [-0.25, -0.2) is 0 Å². The van der Waals surface area contributed by atoms with E-state index in [1.807, 2.05) is 12.1 Å². The molecule has 2 N–H and O–H groups in total. The zero-order chi connectivity index (χ0) is 11.4. The Bertz CT molecular complexity index is 350. The van der Waals surface area contributed by atoms with Crippen molar-refractivity contribution in [2.75, 3.05) is 6.54 Å². The van der Waals surface area contributed by atoms with E-state index in [0.29, 0.717) is 6.10 Å². The fourth-order valence-electron chi connectivity index (χ4n) is 1.77. The summed E-state index contributed by atoms with van der Waals surface area (Å²) in [7, 11) is 0. The van der Waals surface area contributed by atoms with Gasteiger partial charge in [-0.3, -0.25) is 0 Å². The van der Waals surface area contributed by atoms with Crippen LogP contribution in [0.15, 0.2) is 18.2 Å².